The van der Waals surface area contributed by atoms with Crippen LogP contribution in [0.4, 0.5) is 5.82 Å². The molecule has 0 unspecified atom stereocenters. The smallest absolute Gasteiger partial charge is 0.224 e. The maximum Gasteiger partial charge on any atom is 0.224 e. The number of nitrogen functional groups attached to an aromatic ring is 1. The first-order valence-corrected chi connectivity index (χ1v) is 3.31. The van der Waals surface area contributed by atoms with Gasteiger partial charge in [0.15, 0.2) is 0 Å². The summed E-state index contributed by atoms with van der Waals surface area (Å²) in [4.78, 5) is 7.33. The van der Waals surface area contributed by atoms with E-state index in [4.69, 9.17) is 17.3 Å². The van der Waals surface area contributed by atoms with E-state index in [2.05, 4.69) is 25.9 Å². The molecule has 3 nitrogen and oxygen atoms in total. The molecule has 1 rings (SSSR count). The quantitative estimate of drug-likeness (QED) is 0.657. The Bertz CT molecular complexity index is 227. The van der Waals surface area contributed by atoms with Crippen molar-refractivity contribution in [1.82, 2.24) is 9.97 Å². The van der Waals surface area contributed by atoms with E-state index in [0.29, 0.717) is 10.3 Å². The second-order valence-corrected chi connectivity index (χ2v) is 2.56. The van der Waals surface area contributed by atoms with Crippen LogP contribution in [0.2, 0.25) is 5.28 Å². The maximum absolute atomic E-state index is 5.39. The number of halogens is 2. The highest BCUT2D eigenvalue weighted by molar-refractivity contribution is 9.10. The molecule has 0 aliphatic carbocycles. The molecular formula is C4H3BrClN3. The summed E-state index contributed by atoms with van der Waals surface area (Å²) < 4.78 is 0.659. The van der Waals surface area contributed by atoms with Crippen LogP contribution in [-0.4, -0.2) is 9.97 Å². The molecule has 0 saturated carbocycles. The zero-order valence-electron chi connectivity index (χ0n) is 4.31. The van der Waals surface area contributed by atoms with Crippen LogP contribution in [0.1, 0.15) is 0 Å². The molecule has 0 atom stereocenters. The Morgan fingerprint density at radius 2 is 2.33 bits per heavy atom. The van der Waals surface area contributed by atoms with Gasteiger partial charge in [0.1, 0.15) is 5.82 Å². The zero-order valence-corrected chi connectivity index (χ0v) is 6.65. The van der Waals surface area contributed by atoms with E-state index in [0.717, 1.165) is 0 Å². The van der Waals surface area contributed by atoms with Gasteiger partial charge < -0.3 is 5.73 Å². The van der Waals surface area contributed by atoms with Crippen molar-refractivity contribution in [3.63, 3.8) is 0 Å². The van der Waals surface area contributed by atoms with Crippen molar-refractivity contribution in [2.75, 3.05) is 5.73 Å². The SMILES string of the molecule is Nc1nc(Cl)ncc1Br. The molecule has 1 aromatic rings. The van der Waals surface area contributed by atoms with Crippen molar-refractivity contribution in [2.24, 2.45) is 0 Å². The molecule has 0 spiro atoms. The molecule has 0 aliphatic heterocycles. The first kappa shape index (κ1) is 6.77. The van der Waals surface area contributed by atoms with Gasteiger partial charge in [0, 0.05) is 6.20 Å². The average molecular weight is 208 g/mol. The second kappa shape index (κ2) is 2.49. The van der Waals surface area contributed by atoms with Crippen LogP contribution in [0.25, 0.3) is 0 Å². The summed E-state index contributed by atoms with van der Waals surface area (Å²) in [7, 11) is 0. The van der Waals surface area contributed by atoms with Crippen LogP contribution < -0.4 is 5.73 Å². The molecule has 1 aromatic heterocycles. The lowest BCUT2D eigenvalue weighted by Gasteiger charge is -1.93. The van der Waals surface area contributed by atoms with Crippen LogP contribution in [0, 0.1) is 0 Å². The summed E-state index contributed by atoms with van der Waals surface area (Å²) in [5.41, 5.74) is 5.34. The fraction of sp³-hybridized carbons (Fsp3) is 0. The minimum absolute atomic E-state index is 0.163. The van der Waals surface area contributed by atoms with Gasteiger partial charge in [0.25, 0.3) is 0 Å². The molecule has 0 bridgehead atoms. The van der Waals surface area contributed by atoms with Gasteiger partial charge in [-0.3, -0.25) is 0 Å². The number of aromatic nitrogens is 2. The summed E-state index contributed by atoms with van der Waals surface area (Å²) >= 11 is 8.51. The maximum atomic E-state index is 5.39. The highest BCUT2D eigenvalue weighted by Gasteiger charge is 1.96. The number of hydrogen-bond acceptors (Lipinski definition) is 3. The summed E-state index contributed by atoms with van der Waals surface area (Å²) in [5.74, 6) is 0.356. The summed E-state index contributed by atoms with van der Waals surface area (Å²) in [6, 6.07) is 0. The normalized spacial score (nSPS) is 9.56. The van der Waals surface area contributed by atoms with E-state index < -0.39 is 0 Å². The Morgan fingerprint density at radius 1 is 1.67 bits per heavy atom. The first-order valence-electron chi connectivity index (χ1n) is 2.13. The zero-order chi connectivity index (χ0) is 6.85. The molecule has 0 saturated heterocycles. The number of nitrogens with zero attached hydrogens (tertiary/aromatic N) is 2. The molecule has 0 aliphatic rings. The summed E-state index contributed by atoms with van der Waals surface area (Å²) in [6.07, 6.45) is 1.50. The Balaban J connectivity index is 3.17. The number of anilines is 1. The predicted molar refractivity (Wildman–Crippen MR) is 39.2 cm³/mol. The van der Waals surface area contributed by atoms with Gasteiger partial charge in [0.2, 0.25) is 5.28 Å². The van der Waals surface area contributed by atoms with Crippen LogP contribution in [0.15, 0.2) is 10.7 Å². The van der Waals surface area contributed by atoms with Crippen molar-refractivity contribution in [1.29, 1.82) is 0 Å². The van der Waals surface area contributed by atoms with Gasteiger partial charge in [-0.1, -0.05) is 0 Å². The molecule has 0 amide bonds. The van der Waals surface area contributed by atoms with Gasteiger partial charge in [-0.2, -0.15) is 4.98 Å². The molecular weight excluding hydrogens is 205 g/mol. The van der Waals surface area contributed by atoms with Gasteiger partial charge >= 0.3 is 0 Å². The average Bonchev–Trinajstić information content (AvgIpc) is 1.80. The Hall–Kier alpha value is -0.350. The molecule has 0 fully saturated rings. The molecule has 9 heavy (non-hydrogen) atoms. The van der Waals surface area contributed by atoms with Crippen LogP contribution >= 0.6 is 27.5 Å². The third-order valence-electron chi connectivity index (χ3n) is 0.742. The van der Waals surface area contributed by atoms with Gasteiger partial charge in [-0.25, -0.2) is 4.98 Å². The van der Waals surface area contributed by atoms with Gasteiger partial charge in [-0.15, -0.1) is 0 Å². The van der Waals surface area contributed by atoms with E-state index in [1.54, 1.807) is 0 Å². The van der Waals surface area contributed by atoms with Crippen molar-refractivity contribution >= 4 is 33.3 Å². The molecule has 5 heteroatoms. The van der Waals surface area contributed by atoms with Crippen molar-refractivity contribution < 1.29 is 0 Å². The molecule has 2 N–H and O–H groups in total. The number of rotatable bonds is 0. The number of hydrogen-bond donors (Lipinski definition) is 1. The van der Waals surface area contributed by atoms with E-state index in [1.807, 2.05) is 0 Å². The van der Waals surface area contributed by atoms with Crippen molar-refractivity contribution in [3.8, 4) is 0 Å². The highest BCUT2D eigenvalue weighted by atomic mass is 79.9. The lowest BCUT2D eigenvalue weighted by Crippen LogP contribution is -1.92. The Labute approximate surface area is 65.4 Å². The van der Waals surface area contributed by atoms with Crippen LogP contribution in [-0.2, 0) is 0 Å². The Morgan fingerprint density at radius 3 is 2.78 bits per heavy atom. The third-order valence-corrected chi connectivity index (χ3v) is 1.53. The lowest BCUT2D eigenvalue weighted by atomic mass is 10.6. The predicted octanol–water partition coefficient (Wildman–Crippen LogP) is 1.47. The fourth-order valence-corrected chi connectivity index (χ4v) is 0.689. The molecule has 0 radical (unpaired) electrons. The van der Waals surface area contributed by atoms with Crippen LogP contribution in [0.5, 0.6) is 0 Å². The second-order valence-electron chi connectivity index (χ2n) is 1.37. The lowest BCUT2D eigenvalue weighted by molar-refractivity contribution is 1.16. The first-order chi connectivity index (χ1) is 4.20. The van der Waals surface area contributed by atoms with E-state index in [9.17, 15) is 0 Å². The highest BCUT2D eigenvalue weighted by Crippen LogP contribution is 2.15. The molecule has 48 valence electrons. The minimum atomic E-state index is 0.163. The monoisotopic (exact) mass is 207 g/mol. The largest absolute Gasteiger partial charge is 0.383 e. The standard InChI is InChI=1S/C4H3BrClN3/c5-2-1-8-4(6)9-3(2)7/h1H,(H2,7,8,9). The third kappa shape index (κ3) is 1.53. The van der Waals surface area contributed by atoms with E-state index in [-0.39, 0.29) is 5.28 Å². The Kier molecular flexibility index (Phi) is 1.87. The van der Waals surface area contributed by atoms with Crippen LogP contribution in [0.3, 0.4) is 0 Å². The van der Waals surface area contributed by atoms with E-state index >= 15 is 0 Å². The molecule has 0 aromatic carbocycles. The summed E-state index contributed by atoms with van der Waals surface area (Å²) in [5, 5.41) is 0.163. The molecule has 1 heterocycles. The van der Waals surface area contributed by atoms with Crippen molar-refractivity contribution in [2.45, 2.75) is 0 Å². The van der Waals surface area contributed by atoms with E-state index in [1.165, 1.54) is 6.20 Å². The topological polar surface area (TPSA) is 51.8 Å². The van der Waals surface area contributed by atoms with Crippen molar-refractivity contribution in [3.05, 3.63) is 16.0 Å². The fourth-order valence-electron chi connectivity index (χ4n) is 0.358. The summed E-state index contributed by atoms with van der Waals surface area (Å²) in [6.45, 7) is 0. The van der Waals surface area contributed by atoms with Gasteiger partial charge in [0.05, 0.1) is 4.47 Å². The minimum Gasteiger partial charge on any atom is -0.383 e. The number of nitrogens with two attached hydrogens (primary N) is 1. The van der Waals surface area contributed by atoms with Gasteiger partial charge in [-0.05, 0) is 27.5 Å².